The number of nitrogens with zero attached hydrogens (tertiary/aromatic N) is 3. The first-order valence-corrected chi connectivity index (χ1v) is 11.2. The third-order valence-corrected chi connectivity index (χ3v) is 5.80. The van der Waals surface area contributed by atoms with Crippen LogP contribution in [0.3, 0.4) is 0 Å². The minimum atomic E-state index is -3.76. The van der Waals surface area contributed by atoms with Crippen LogP contribution in [-0.2, 0) is 21.4 Å². The summed E-state index contributed by atoms with van der Waals surface area (Å²) in [5, 5.41) is 2.80. The summed E-state index contributed by atoms with van der Waals surface area (Å²) in [6.07, 6.45) is 6.50. The topological polar surface area (TPSA) is 84.3 Å². The quantitative estimate of drug-likeness (QED) is 0.596. The van der Waals surface area contributed by atoms with Crippen LogP contribution in [0, 0.1) is 5.82 Å². The number of anilines is 1. The molecule has 7 nitrogen and oxygen atoms in total. The van der Waals surface area contributed by atoms with Crippen LogP contribution in [-0.4, -0.2) is 36.2 Å². The number of hydrogen-bond donors (Lipinski definition) is 1. The third-order valence-electron chi connectivity index (χ3n) is 4.62. The molecule has 0 bridgehead atoms. The zero-order chi connectivity index (χ0) is 21.7. The number of amides is 1. The van der Waals surface area contributed by atoms with Gasteiger partial charge < -0.3 is 9.88 Å². The largest absolute Gasteiger partial charge is 0.350 e. The Bertz CT molecular complexity index is 1080. The van der Waals surface area contributed by atoms with Crippen molar-refractivity contribution in [1.82, 2.24) is 14.9 Å². The van der Waals surface area contributed by atoms with Crippen molar-refractivity contribution < 1.29 is 17.6 Å². The molecule has 158 valence electrons. The Morgan fingerprint density at radius 2 is 1.83 bits per heavy atom. The first-order valence-electron chi connectivity index (χ1n) is 9.39. The van der Waals surface area contributed by atoms with Crippen molar-refractivity contribution in [3.63, 3.8) is 0 Å². The second kappa shape index (κ2) is 9.08. The van der Waals surface area contributed by atoms with Crippen molar-refractivity contribution in [3.05, 3.63) is 78.6 Å². The molecular formula is C21H23FN4O3S. The average molecular weight is 431 g/mol. The zero-order valence-electron chi connectivity index (χ0n) is 16.7. The molecule has 0 aliphatic heterocycles. The van der Waals surface area contributed by atoms with Gasteiger partial charge in [-0.25, -0.2) is 17.8 Å². The smallest absolute Gasteiger partial charge is 0.244 e. The van der Waals surface area contributed by atoms with Crippen LogP contribution in [0.5, 0.6) is 0 Å². The maximum Gasteiger partial charge on any atom is 0.244 e. The van der Waals surface area contributed by atoms with E-state index in [0.717, 1.165) is 21.8 Å². The van der Waals surface area contributed by atoms with Crippen molar-refractivity contribution in [2.24, 2.45) is 0 Å². The lowest BCUT2D eigenvalue weighted by Gasteiger charge is -2.30. The molecule has 0 fully saturated rings. The molecule has 0 aliphatic carbocycles. The Balaban J connectivity index is 1.73. The molecule has 1 amide bonds. The zero-order valence-corrected chi connectivity index (χ0v) is 17.5. The van der Waals surface area contributed by atoms with E-state index in [1.54, 1.807) is 19.4 Å². The van der Waals surface area contributed by atoms with Gasteiger partial charge in [-0.1, -0.05) is 19.1 Å². The van der Waals surface area contributed by atoms with Crippen molar-refractivity contribution in [1.29, 1.82) is 0 Å². The van der Waals surface area contributed by atoms with Crippen LogP contribution in [0.1, 0.15) is 18.9 Å². The van der Waals surface area contributed by atoms with Crippen molar-refractivity contribution in [2.45, 2.75) is 25.9 Å². The van der Waals surface area contributed by atoms with Crippen LogP contribution in [0.2, 0.25) is 0 Å². The number of rotatable bonds is 8. The Labute approximate surface area is 175 Å². The van der Waals surface area contributed by atoms with Gasteiger partial charge in [0.2, 0.25) is 15.9 Å². The predicted molar refractivity (Wildman–Crippen MR) is 113 cm³/mol. The fourth-order valence-electron chi connectivity index (χ4n) is 3.15. The molecular weight excluding hydrogens is 407 g/mol. The summed E-state index contributed by atoms with van der Waals surface area (Å²) in [5.41, 5.74) is 2.05. The number of carbonyl (C=O) groups excluding carboxylic acids is 1. The van der Waals surface area contributed by atoms with Gasteiger partial charge in [-0.3, -0.25) is 9.10 Å². The highest BCUT2D eigenvalue weighted by Crippen LogP contribution is 2.23. The highest BCUT2D eigenvalue weighted by Gasteiger charge is 2.31. The van der Waals surface area contributed by atoms with E-state index in [1.165, 1.54) is 24.3 Å². The van der Waals surface area contributed by atoms with Crippen LogP contribution in [0.4, 0.5) is 10.1 Å². The summed E-state index contributed by atoms with van der Waals surface area (Å²) in [6.45, 7) is 1.98. The van der Waals surface area contributed by atoms with E-state index < -0.39 is 27.8 Å². The van der Waals surface area contributed by atoms with Crippen LogP contribution in [0.15, 0.2) is 67.3 Å². The van der Waals surface area contributed by atoms with Gasteiger partial charge in [0.1, 0.15) is 11.9 Å². The summed E-state index contributed by atoms with van der Waals surface area (Å²) < 4.78 is 40.9. The molecule has 1 heterocycles. The van der Waals surface area contributed by atoms with Crippen LogP contribution in [0.25, 0.3) is 5.69 Å². The molecule has 0 saturated heterocycles. The highest BCUT2D eigenvalue weighted by atomic mass is 32.2. The number of benzene rings is 2. The minimum Gasteiger partial charge on any atom is -0.350 e. The van der Waals surface area contributed by atoms with Gasteiger partial charge in [-0.15, -0.1) is 0 Å². The second-order valence-electron chi connectivity index (χ2n) is 6.81. The Kier molecular flexibility index (Phi) is 6.51. The molecule has 0 saturated carbocycles. The normalized spacial score (nSPS) is 12.4. The lowest BCUT2D eigenvalue weighted by molar-refractivity contribution is -0.122. The number of halogens is 1. The van der Waals surface area contributed by atoms with Gasteiger partial charge >= 0.3 is 0 Å². The Morgan fingerprint density at radius 3 is 2.37 bits per heavy atom. The first kappa shape index (κ1) is 21.5. The minimum absolute atomic E-state index is 0.241. The van der Waals surface area contributed by atoms with E-state index in [-0.39, 0.29) is 18.7 Å². The molecule has 9 heteroatoms. The molecule has 0 spiro atoms. The third kappa shape index (κ3) is 5.04. The maximum atomic E-state index is 13.3. The molecule has 30 heavy (non-hydrogen) atoms. The number of hydrogen-bond acceptors (Lipinski definition) is 4. The standard InChI is InChI=1S/C21H23FN4O3S/c1-3-20(26(30(2,28)29)19-10-6-17(22)7-11-19)21(27)24-14-16-4-8-18(9-5-16)25-13-12-23-15-25/h4-13,15,20H,3,14H2,1-2H3,(H,24,27)/t20-/m0/s1. The van der Waals surface area contributed by atoms with Crippen LogP contribution >= 0.6 is 0 Å². The van der Waals surface area contributed by atoms with E-state index in [2.05, 4.69) is 10.3 Å². The fraction of sp³-hybridized carbons (Fsp3) is 0.238. The molecule has 2 aromatic carbocycles. The summed E-state index contributed by atoms with van der Waals surface area (Å²) in [4.78, 5) is 16.8. The summed E-state index contributed by atoms with van der Waals surface area (Å²) in [7, 11) is -3.76. The van der Waals surface area contributed by atoms with E-state index in [9.17, 15) is 17.6 Å². The van der Waals surface area contributed by atoms with E-state index >= 15 is 0 Å². The van der Waals surface area contributed by atoms with Gasteiger partial charge in [-0.05, 0) is 48.4 Å². The number of imidazole rings is 1. The SMILES string of the molecule is CC[C@@H](C(=O)NCc1ccc(-n2ccnc2)cc1)N(c1ccc(F)cc1)S(C)(=O)=O. The highest BCUT2D eigenvalue weighted by molar-refractivity contribution is 7.92. The van der Waals surface area contributed by atoms with Gasteiger partial charge in [-0.2, -0.15) is 0 Å². The van der Waals surface area contributed by atoms with Gasteiger partial charge in [0.25, 0.3) is 0 Å². The summed E-state index contributed by atoms with van der Waals surface area (Å²) in [5.74, 6) is -0.908. The van der Waals surface area contributed by atoms with E-state index in [4.69, 9.17) is 0 Å². The fourth-order valence-corrected chi connectivity index (χ4v) is 4.36. The molecule has 3 rings (SSSR count). The molecule has 1 atom stereocenters. The molecule has 0 aliphatic rings. The number of aromatic nitrogens is 2. The Hall–Kier alpha value is -3.20. The lowest BCUT2D eigenvalue weighted by atomic mass is 10.1. The number of carbonyl (C=O) groups is 1. The summed E-state index contributed by atoms with van der Waals surface area (Å²) >= 11 is 0. The molecule has 1 N–H and O–H groups in total. The van der Waals surface area contributed by atoms with Gasteiger partial charge in [0.15, 0.2) is 0 Å². The monoisotopic (exact) mass is 430 g/mol. The molecule has 0 unspecified atom stereocenters. The van der Waals surface area contributed by atoms with Crippen molar-refractivity contribution >= 4 is 21.6 Å². The van der Waals surface area contributed by atoms with Crippen molar-refractivity contribution in [2.75, 3.05) is 10.6 Å². The molecule has 3 aromatic rings. The lowest BCUT2D eigenvalue weighted by Crippen LogP contribution is -2.49. The Morgan fingerprint density at radius 1 is 1.17 bits per heavy atom. The second-order valence-corrected chi connectivity index (χ2v) is 8.67. The van der Waals surface area contributed by atoms with Gasteiger partial charge in [0, 0.05) is 24.6 Å². The number of nitrogens with one attached hydrogen (secondary N) is 1. The summed E-state index contributed by atoms with van der Waals surface area (Å²) in [6, 6.07) is 11.7. The molecule has 0 radical (unpaired) electrons. The maximum absolute atomic E-state index is 13.3. The predicted octanol–water partition coefficient (Wildman–Crippen LogP) is 2.87. The average Bonchev–Trinajstić information content (AvgIpc) is 3.25. The molecule has 1 aromatic heterocycles. The first-order chi connectivity index (χ1) is 14.3. The van der Waals surface area contributed by atoms with E-state index in [1.807, 2.05) is 35.0 Å². The van der Waals surface area contributed by atoms with Crippen LogP contribution < -0.4 is 9.62 Å². The number of sulfonamides is 1. The van der Waals surface area contributed by atoms with Crippen molar-refractivity contribution in [3.8, 4) is 5.69 Å². The van der Waals surface area contributed by atoms with E-state index in [0.29, 0.717) is 0 Å². The van der Waals surface area contributed by atoms with Gasteiger partial charge in [0.05, 0.1) is 18.3 Å².